The standard InChI is InChI=1S/C9H10N4/c10-7-4-6-2-1-3-12-8(6)5-9(7)13-11/h1-5,13H,10-11H2. The molecular weight excluding hydrogens is 164 g/mol. The van der Waals surface area contributed by atoms with Gasteiger partial charge in [-0.3, -0.25) is 10.8 Å². The monoisotopic (exact) mass is 174 g/mol. The normalized spacial score (nSPS) is 10.2. The molecule has 0 atom stereocenters. The fourth-order valence-corrected chi connectivity index (χ4v) is 1.26. The Morgan fingerprint density at radius 1 is 1.31 bits per heavy atom. The van der Waals surface area contributed by atoms with Crippen molar-refractivity contribution in [1.29, 1.82) is 0 Å². The number of hydrogen-bond acceptors (Lipinski definition) is 4. The first kappa shape index (κ1) is 7.82. The molecule has 0 aliphatic carbocycles. The van der Waals surface area contributed by atoms with Crippen LogP contribution in [0.15, 0.2) is 30.5 Å². The zero-order valence-corrected chi connectivity index (χ0v) is 6.99. The average molecular weight is 174 g/mol. The number of nitrogens with two attached hydrogens (primary N) is 2. The summed E-state index contributed by atoms with van der Waals surface area (Å²) in [5, 5.41) is 1.01. The minimum atomic E-state index is 0.628. The van der Waals surface area contributed by atoms with Gasteiger partial charge in [0.05, 0.1) is 16.9 Å². The van der Waals surface area contributed by atoms with Crippen molar-refractivity contribution in [2.75, 3.05) is 11.2 Å². The maximum atomic E-state index is 5.73. The van der Waals surface area contributed by atoms with Crippen molar-refractivity contribution in [2.45, 2.75) is 0 Å². The SMILES string of the molecule is NNc1cc2ncccc2cc1N. The Hall–Kier alpha value is -1.81. The molecule has 1 aromatic carbocycles. The summed E-state index contributed by atoms with van der Waals surface area (Å²) in [5.74, 6) is 5.28. The summed E-state index contributed by atoms with van der Waals surface area (Å²) >= 11 is 0. The molecule has 4 nitrogen and oxygen atoms in total. The summed E-state index contributed by atoms with van der Waals surface area (Å²) in [7, 11) is 0. The van der Waals surface area contributed by atoms with E-state index < -0.39 is 0 Å². The first-order valence-corrected chi connectivity index (χ1v) is 3.92. The molecule has 1 aromatic heterocycles. The lowest BCUT2D eigenvalue weighted by atomic mass is 10.2. The number of anilines is 2. The molecule has 0 aliphatic heterocycles. The van der Waals surface area contributed by atoms with E-state index in [1.165, 1.54) is 0 Å². The van der Waals surface area contributed by atoms with Crippen molar-refractivity contribution in [3.05, 3.63) is 30.5 Å². The summed E-state index contributed by atoms with van der Waals surface area (Å²) < 4.78 is 0. The van der Waals surface area contributed by atoms with Crippen LogP contribution in [0.1, 0.15) is 0 Å². The molecule has 5 N–H and O–H groups in total. The van der Waals surface area contributed by atoms with Crippen LogP contribution in [0.5, 0.6) is 0 Å². The van der Waals surface area contributed by atoms with E-state index >= 15 is 0 Å². The van der Waals surface area contributed by atoms with E-state index in [4.69, 9.17) is 11.6 Å². The topological polar surface area (TPSA) is 77.0 Å². The van der Waals surface area contributed by atoms with Gasteiger partial charge in [0.25, 0.3) is 0 Å². The highest BCUT2D eigenvalue weighted by atomic mass is 15.2. The van der Waals surface area contributed by atoms with Crippen LogP contribution < -0.4 is 17.0 Å². The number of nitrogens with zero attached hydrogens (tertiary/aromatic N) is 1. The van der Waals surface area contributed by atoms with Gasteiger partial charge in [0.1, 0.15) is 0 Å². The van der Waals surface area contributed by atoms with Gasteiger partial charge < -0.3 is 11.2 Å². The summed E-state index contributed by atoms with van der Waals surface area (Å²) in [6.45, 7) is 0. The Morgan fingerprint density at radius 2 is 2.15 bits per heavy atom. The number of nitrogen functional groups attached to an aromatic ring is 2. The van der Waals surface area contributed by atoms with Crippen molar-refractivity contribution in [2.24, 2.45) is 5.84 Å². The van der Waals surface area contributed by atoms with Gasteiger partial charge in [-0.05, 0) is 18.2 Å². The molecular formula is C9H10N4. The third kappa shape index (κ3) is 1.27. The molecule has 0 aliphatic rings. The number of pyridine rings is 1. The van der Waals surface area contributed by atoms with Crippen molar-refractivity contribution >= 4 is 22.3 Å². The Morgan fingerprint density at radius 3 is 2.92 bits per heavy atom. The highest BCUT2D eigenvalue weighted by Gasteiger charge is 2.00. The largest absolute Gasteiger partial charge is 0.397 e. The van der Waals surface area contributed by atoms with Gasteiger partial charge in [0, 0.05) is 11.6 Å². The predicted octanol–water partition coefficient (Wildman–Crippen LogP) is 1.10. The number of benzene rings is 1. The molecule has 0 fully saturated rings. The van der Waals surface area contributed by atoms with Crippen LogP contribution in [0.25, 0.3) is 10.9 Å². The van der Waals surface area contributed by atoms with Crippen LogP contribution in [0.4, 0.5) is 11.4 Å². The molecule has 2 aromatic rings. The summed E-state index contributed by atoms with van der Waals surface area (Å²) in [6, 6.07) is 7.50. The molecule has 66 valence electrons. The zero-order chi connectivity index (χ0) is 9.26. The fourth-order valence-electron chi connectivity index (χ4n) is 1.26. The van der Waals surface area contributed by atoms with Crippen LogP contribution in [-0.4, -0.2) is 4.98 Å². The molecule has 4 heteroatoms. The van der Waals surface area contributed by atoms with Gasteiger partial charge in [-0.15, -0.1) is 0 Å². The number of rotatable bonds is 1. The molecule has 13 heavy (non-hydrogen) atoms. The maximum Gasteiger partial charge on any atom is 0.0738 e. The second-order valence-electron chi connectivity index (χ2n) is 2.78. The number of hydrazine groups is 1. The Bertz CT molecular complexity index is 439. The number of hydrogen-bond donors (Lipinski definition) is 3. The zero-order valence-electron chi connectivity index (χ0n) is 6.99. The molecule has 0 radical (unpaired) electrons. The van der Waals surface area contributed by atoms with Gasteiger partial charge in [-0.25, -0.2) is 0 Å². The molecule has 0 unspecified atom stereocenters. The van der Waals surface area contributed by atoms with Crippen molar-refractivity contribution in [1.82, 2.24) is 4.98 Å². The van der Waals surface area contributed by atoms with Crippen molar-refractivity contribution in [3.8, 4) is 0 Å². The molecule has 0 bridgehead atoms. The molecule has 0 saturated carbocycles. The smallest absolute Gasteiger partial charge is 0.0738 e. The minimum Gasteiger partial charge on any atom is -0.397 e. The lowest BCUT2D eigenvalue weighted by Gasteiger charge is -2.05. The predicted molar refractivity (Wildman–Crippen MR) is 54.0 cm³/mol. The number of fused-ring (bicyclic) bond motifs is 1. The quantitative estimate of drug-likeness (QED) is 0.344. The molecule has 0 amide bonds. The van der Waals surface area contributed by atoms with Crippen LogP contribution in [0.2, 0.25) is 0 Å². The van der Waals surface area contributed by atoms with E-state index in [1.807, 2.05) is 24.3 Å². The second kappa shape index (κ2) is 2.91. The van der Waals surface area contributed by atoms with Gasteiger partial charge in [-0.2, -0.15) is 0 Å². The minimum absolute atomic E-state index is 0.628. The van der Waals surface area contributed by atoms with Gasteiger partial charge in [-0.1, -0.05) is 6.07 Å². The van der Waals surface area contributed by atoms with E-state index in [-0.39, 0.29) is 0 Å². The Kier molecular flexibility index (Phi) is 1.75. The second-order valence-corrected chi connectivity index (χ2v) is 2.78. The van der Waals surface area contributed by atoms with Crippen LogP contribution >= 0.6 is 0 Å². The van der Waals surface area contributed by atoms with Gasteiger partial charge in [0.15, 0.2) is 0 Å². The maximum absolute atomic E-state index is 5.73. The fraction of sp³-hybridized carbons (Fsp3) is 0. The van der Waals surface area contributed by atoms with Gasteiger partial charge >= 0.3 is 0 Å². The lowest BCUT2D eigenvalue weighted by Crippen LogP contribution is -2.08. The van der Waals surface area contributed by atoms with Crippen molar-refractivity contribution < 1.29 is 0 Å². The Balaban J connectivity index is 2.74. The lowest BCUT2D eigenvalue weighted by molar-refractivity contribution is 1.35. The third-order valence-electron chi connectivity index (χ3n) is 1.93. The number of nitrogens with one attached hydrogen (secondary N) is 1. The highest BCUT2D eigenvalue weighted by Crippen LogP contribution is 2.23. The van der Waals surface area contributed by atoms with Crippen LogP contribution in [-0.2, 0) is 0 Å². The first-order valence-electron chi connectivity index (χ1n) is 3.92. The third-order valence-corrected chi connectivity index (χ3v) is 1.93. The molecule has 1 heterocycles. The van der Waals surface area contributed by atoms with E-state index in [0.717, 1.165) is 10.9 Å². The Labute approximate surface area is 75.5 Å². The molecule has 0 saturated heterocycles. The van der Waals surface area contributed by atoms with E-state index in [0.29, 0.717) is 11.4 Å². The molecule has 2 rings (SSSR count). The molecule has 0 spiro atoms. The number of aromatic nitrogens is 1. The van der Waals surface area contributed by atoms with Crippen molar-refractivity contribution in [3.63, 3.8) is 0 Å². The summed E-state index contributed by atoms with van der Waals surface area (Å²) in [5.41, 5.74) is 10.5. The van der Waals surface area contributed by atoms with E-state index in [9.17, 15) is 0 Å². The first-order chi connectivity index (χ1) is 6.31. The van der Waals surface area contributed by atoms with E-state index in [1.54, 1.807) is 6.20 Å². The highest BCUT2D eigenvalue weighted by molar-refractivity contribution is 5.88. The summed E-state index contributed by atoms with van der Waals surface area (Å²) in [4.78, 5) is 4.18. The van der Waals surface area contributed by atoms with E-state index in [2.05, 4.69) is 10.4 Å². The summed E-state index contributed by atoms with van der Waals surface area (Å²) in [6.07, 6.45) is 1.73. The van der Waals surface area contributed by atoms with Crippen LogP contribution in [0.3, 0.4) is 0 Å². The van der Waals surface area contributed by atoms with Gasteiger partial charge in [0.2, 0.25) is 0 Å². The van der Waals surface area contributed by atoms with Crippen LogP contribution in [0, 0.1) is 0 Å². The average Bonchev–Trinajstić information content (AvgIpc) is 2.17.